The summed E-state index contributed by atoms with van der Waals surface area (Å²) >= 11 is 9.95. The van der Waals surface area contributed by atoms with Crippen LogP contribution in [0.3, 0.4) is 0 Å². The Kier molecular flexibility index (Phi) is 7.21. The van der Waals surface area contributed by atoms with Crippen LogP contribution < -0.4 is 10.1 Å². The summed E-state index contributed by atoms with van der Waals surface area (Å²) in [6.07, 6.45) is -3.17. The molecule has 2 aromatic carbocycles. The number of ether oxygens (including phenoxy) is 1. The minimum absolute atomic E-state index is 0.0364. The maximum atomic E-state index is 12.8. The number of imide groups is 1. The Morgan fingerprint density at radius 1 is 1.28 bits per heavy atom. The van der Waals surface area contributed by atoms with Crippen LogP contribution in [0.2, 0.25) is 5.02 Å². The number of amides is 3. The molecule has 32 heavy (non-hydrogen) atoms. The van der Waals surface area contributed by atoms with E-state index in [1.807, 2.05) is 0 Å². The molecule has 1 aliphatic rings. The lowest BCUT2D eigenvalue weighted by Crippen LogP contribution is -2.36. The zero-order chi connectivity index (χ0) is 23.6. The van der Waals surface area contributed by atoms with E-state index >= 15 is 0 Å². The molecule has 168 valence electrons. The zero-order valence-corrected chi connectivity index (χ0v) is 19.3. The van der Waals surface area contributed by atoms with Crippen LogP contribution in [0.4, 0.5) is 23.7 Å². The van der Waals surface area contributed by atoms with Crippen LogP contribution in [0, 0.1) is 0 Å². The van der Waals surface area contributed by atoms with Crippen molar-refractivity contribution in [1.82, 2.24) is 4.90 Å². The highest BCUT2D eigenvalue weighted by Gasteiger charge is 2.37. The Labute approximate surface area is 197 Å². The maximum absolute atomic E-state index is 12.8. The van der Waals surface area contributed by atoms with Crippen LogP contribution in [0.5, 0.6) is 5.75 Å². The highest BCUT2D eigenvalue weighted by Crippen LogP contribution is 2.38. The molecular weight excluding hydrogens is 537 g/mol. The van der Waals surface area contributed by atoms with Gasteiger partial charge in [0.1, 0.15) is 12.3 Å². The molecule has 6 nitrogen and oxygen atoms in total. The number of rotatable bonds is 5. The number of carbonyl (C=O) groups excluding carboxylic acids is 3. The highest BCUT2D eigenvalue weighted by molar-refractivity contribution is 9.10. The molecule has 0 spiro atoms. The molecule has 3 rings (SSSR count). The number of alkyl halides is 3. The second-order valence-electron chi connectivity index (χ2n) is 6.40. The van der Waals surface area contributed by atoms with Crippen molar-refractivity contribution in [3.8, 4) is 5.75 Å². The van der Waals surface area contributed by atoms with Gasteiger partial charge in [0.05, 0.1) is 22.1 Å². The predicted molar refractivity (Wildman–Crippen MR) is 118 cm³/mol. The summed E-state index contributed by atoms with van der Waals surface area (Å²) in [5, 5.41) is 1.93. The summed E-state index contributed by atoms with van der Waals surface area (Å²) in [6.45, 7) is -0.658. The van der Waals surface area contributed by atoms with E-state index in [1.54, 1.807) is 12.1 Å². The van der Waals surface area contributed by atoms with E-state index in [0.29, 0.717) is 37.5 Å². The van der Waals surface area contributed by atoms with Crippen molar-refractivity contribution in [1.29, 1.82) is 0 Å². The molecule has 12 heteroatoms. The number of nitrogens with zero attached hydrogens (tertiary/aromatic N) is 1. The van der Waals surface area contributed by atoms with Gasteiger partial charge in [-0.2, -0.15) is 13.2 Å². The van der Waals surface area contributed by atoms with Gasteiger partial charge in [-0.25, -0.2) is 0 Å². The zero-order valence-electron chi connectivity index (χ0n) is 16.1. The first kappa shape index (κ1) is 24.1. The third-order valence-corrected chi connectivity index (χ3v) is 5.89. The van der Waals surface area contributed by atoms with Gasteiger partial charge in [0.15, 0.2) is 0 Å². The lowest BCUT2D eigenvalue weighted by Gasteiger charge is -2.13. The van der Waals surface area contributed by atoms with Crippen molar-refractivity contribution >= 4 is 68.1 Å². The summed E-state index contributed by atoms with van der Waals surface area (Å²) in [5.41, 5.74) is -0.613. The fourth-order valence-electron chi connectivity index (χ4n) is 2.80. The second-order valence-corrected chi connectivity index (χ2v) is 8.69. The van der Waals surface area contributed by atoms with Gasteiger partial charge in [-0.05, 0) is 64.1 Å². The van der Waals surface area contributed by atoms with Gasteiger partial charge in [-0.1, -0.05) is 17.7 Å². The molecule has 0 atom stereocenters. The van der Waals surface area contributed by atoms with E-state index in [9.17, 15) is 27.6 Å². The van der Waals surface area contributed by atoms with Crippen LogP contribution in [0.1, 0.15) is 11.1 Å². The van der Waals surface area contributed by atoms with Gasteiger partial charge in [0.25, 0.3) is 11.1 Å². The summed E-state index contributed by atoms with van der Waals surface area (Å²) in [6, 6.07) is 7.16. The molecule has 2 aromatic rings. The van der Waals surface area contributed by atoms with Gasteiger partial charge < -0.3 is 10.1 Å². The van der Waals surface area contributed by atoms with Crippen molar-refractivity contribution < 1.29 is 32.3 Å². The Morgan fingerprint density at radius 2 is 2.00 bits per heavy atom. The molecule has 0 bridgehead atoms. The molecule has 0 unspecified atom stereocenters. The minimum Gasteiger partial charge on any atom is -0.495 e. The molecule has 1 aliphatic heterocycles. The number of thioether (sulfide) groups is 1. The van der Waals surface area contributed by atoms with Gasteiger partial charge in [0, 0.05) is 16.3 Å². The van der Waals surface area contributed by atoms with Crippen LogP contribution in [-0.2, 0) is 15.8 Å². The fourth-order valence-corrected chi connectivity index (χ4v) is 4.62. The summed E-state index contributed by atoms with van der Waals surface area (Å²) in [5.74, 6) is -1.16. The molecule has 3 amide bonds. The number of nitrogens with one attached hydrogen (secondary N) is 1. The number of hydrogen-bond donors (Lipinski definition) is 1. The normalized spacial score (nSPS) is 15.4. The standard InChI is InChI=1S/C20H13BrClF3N2O4S/c1-31-17-10(5-12(22)8-14(17)21)6-15-18(29)27(19(30)32-15)9-16(28)26-13-4-2-3-11(7-13)20(23,24)25/h2-8H,9H2,1H3,(H,26,28)/b15-6-. The SMILES string of the molecule is COc1c(Br)cc(Cl)cc1/C=C1\SC(=O)N(CC(=O)Nc2cccc(C(F)(F)F)c2)C1=O. The molecule has 1 fully saturated rings. The molecular formula is C20H13BrClF3N2O4S. The first-order valence-corrected chi connectivity index (χ1v) is 10.7. The molecule has 0 saturated carbocycles. The molecule has 1 saturated heterocycles. The first-order valence-electron chi connectivity index (χ1n) is 8.75. The largest absolute Gasteiger partial charge is 0.495 e. The van der Waals surface area contributed by atoms with E-state index in [4.69, 9.17) is 16.3 Å². The van der Waals surface area contributed by atoms with E-state index in [2.05, 4.69) is 21.2 Å². The molecule has 1 heterocycles. The molecule has 0 aromatic heterocycles. The smallest absolute Gasteiger partial charge is 0.416 e. The lowest BCUT2D eigenvalue weighted by atomic mass is 10.2. The number of anilines is 1. The van der Waals surface area contributed by atoms with Gasteiger partial charge >= 0.3 is 6.18 Å². The third-order valence-electron chi connectivity index (χ3n) is 4.18. The van der Waals surface area contributed by atoms with E-state index in [0.717, 1.165) is 18.2 Å². The lowest BCUT2D eigenvalue weighted by molar-refractivity contribution is -0.137. The van der Waals surface area contributed by atoms with Crippen LogP contribution in [0.15, 0.2) is 45.8 Å². The average Bonchev–Trinajstić information content (AvgIpc) is 2.94. The van der Waals surface area contributed by atoms with Crippen molar-refractivity contribution in [2.24, 2.45) is 0 Å². The Morgan fingerprint density at radius 3 is 2.66 bits per heavy atom. The van der Waals surface area contributed by atoms with E-state index < -0.39 is 35.3 Å². The van der Waals surface area contributed by atoms with Crippen molar-refractivity contribution in [3.63, 3.8) is 0 Å². The van der Waals surface area contributed by atoms with Crippen LogP contribution in [-0.4, -0.2) is 35.6 Å². The fraction of sp³-hybridized carbons (Fsp3) is 0.150. The van der Waals surface area contributed by atoms with Gasteiger partial charge in [-0.15, -0.1) is 0 Å². The number of halogens is 5. The van der Waals surface area contributed by atoms with Crippen molar-refractivity contribution in [3.05, 3.63) is 61.9 Å². The van der Waals surface area contributed by atoms with Crippen molar-refractivity contribution in [2.75, 3.05) is 19.0 Å². The summed E-state index contributed by atoms with van der Waals surface area (Å²) < 4.78 is 44.3. The number of hydrogen-bond acceptors (Lipinski definition) is 5. The first-order chi connectivity index (χ1) is 15.0. The Balaban J connectivity index is 1.76. The summed E-state index contributed by atoms with van der Waals surface area (Å²) in [4.78, 5) is 37.9. The molecule has 0 aliphatic carbocycles. The van der Waals surface area contributed by atoms with Crippen molar-refractivity contribution in [2.45, 2.75) is 6.18 Å². The number of carbonyl (C=O) groups is 3. The summed E-state index contributed by atoms with van der Waals surface area (Å²) in [7, 11) is 1.43. The topological polar surface area (TPSA) is 75.7 Å². The number of methoxy groups -OCH3 is 1. The minimum atomic E-state index is -4.58. The van der Waals surface area contributed by atoms with Gasteiger partial charge in [-0.3, -0.25) is 19.3 Å². The highest BCUT2D eigenvalue weighted by atomic mass is 79.9. The Hall–Kier alpha value is -2.50. The predicted octanol–water partition coefficient (Wildman–Crippen LogP) is 5.80. The second kappa shape index (κ2) is 9.55. The van der Waals surface area contributed by atoms with Crippen LogP contribution in [0.25, 0.3) is 6.08 Å². The monoisotopic (exact) mass is 548 g/mol. The third kappa shape index (κ3) is 5.45. The average molecular weight is 550 g/mol. The van der Waals surface area contributed by atoms with E-state index in [-0.39, 0.29) is 10.6 Å². The Bertz CT molecular complexity index is 1140. The molecule has 0 radical (unpaired) electrons. The maximum Gasteiger partial charge on any atom is 0.416 e. The van der Waals surface area contributed by atoms with Crippen LogP contribution >= 0.6 is 39.3 Å². The molecule has 1 N–H and O–H groups in total. The number of benzene rings is 2. The van der Waals surface area contributed by atoms with Gasteiger partial charge in [0.2, 0.25) is 5.91 Å². The quantitative estimate of drug-likeness (QED) is 0.477. The van der Waals surface area contributed by atoms with E-state index in [1.165, 1.54) is 19.3 Å².